The molecule has 0 aliphatic heterocycles. The van der Waals surface area contributed by atoms with Crippen LogP contribution < -0.4 is 5.32 Å². The van der Waals surface area contributed by atoms with Crippen LogP contribution in [0.25, 0.3) is 0 Å². The molecule has 0 radical (unpaired) electrons. The number of ether oxygens (including phenoxy) is 1. The number of anilines is 1. The van der Waals surface area contributed by atoms with Gasteiger partial charge in [-0.2, -0.15) is 0 Å². The fourth-order valence-corrected chi connectivity index (χ4v) is 3.58. The molecule has 1 N–H and O–H groups in total. The lowest BCUT2D eigenvalue weighted by Gasteiger charge is -2.22. The van der Waals surface area contributed by atoms with Crippen molar-refractivity contribution in [1.29, 1.82) is 0 Å². The van der Waals surface area contributed by atoms with Gasteiger partial charge in [0.15, 0.2) is 0 Å². The average molecular weight is 439 g/mol. The Morgan fingerprint density at radius 1 is 0.636 bits per heavy atom. The van der Waals surface area contributed by atoms with E-state index in [1.807, 2.05) is 66.7 Å². The zero-order valence-corrected chi connectivity index (χ0v) is 17.7. The SMILES string of the molecule is O=C(O[C@@H](C(=O)Nc1ccc(F)cc1)c1ccccc1)C(c1ccccc1)c1ccccc1. The molecule has 4 rings (SSSR count). The number of amides is 1. The fourth-order valence-electron chi connectivity index (χ4n) is 3.58. The third-order valence-electron chi connectivity index (χ3n) is 5.19. The van der Waals surface area contributed by atoms with E-state index < -0.39 is 29.7 Å². The van der Waals surface area contributed by atoms with Crippen molar-refractivity contribution >= 4 is 17.6 Å². The number of esters is 1. The summed E-state index contributed by atoms with van der Waals surface area (Å²) < 4.78 is 19.1. The molecule has 0 aliphatic rings. The van der Waals surface area contributed by atoms with Crippen LogP contribution in [0.2, 0.25) is 0 Å². The third-order valence-corrected chi connectivity index (χ3v) is 5.19. The van der Waals surface area contributed by atoms with Crippen LogP contribution in [0.1, 0.15) is 28.7 Å². The summed E-state index contributed by atoms with van der Waals surface area (Å²) in [6.45, 7) is 0. The lowest BCUT2D eigenvalue weighted by atomic mass is 9.91. The van der Waals surface area contributed by atoms with Gasteiger partial charge in [-0.25, -0.2) is 4.39 Å². The van der Waals surface area contributed by atoms with E-state index in [1.54, 1.807) is 24.3 Å². The molecule has 4 nitrogen and oxygen atoms in total. The van der Waals surface area contributed by atoms with E-state index in [0.29, 0.717) is 11.3 Å². The summed E-state index contributed by atoms with van der Waals surface area (Å²) in [5, 5.41) is 2.71. The quantitative estimate of drug-likeness (QED) is 0.366. The van der Waals surface area contributed by atoms with Crippen LogP contribution in [0.5, 0.6) is 0 Å². The second-order valence-electron chi connectivity index (χ2n) is 7.48. The normalized spacial score (nSPS) is 11.6. The van der Waals surface area contributed by atoms with E-state index in [9.17, 15) is 14.0 Å². The van der Waals surface area contributed by atoms with Crippen LogP contribution >= 0.6 is 0 Å². The molecule has 0 spiro atoms. The van der Waals surface area contributed by atoms with Gasteiger partial charge < -0.3 is 10.1 Å². The van der Waals surface area contributed by atoms with Crippen LogP contribution in [0, 0.1) is 5.82 Å². The van der Waals surface area contributed by atoms with Crippen molar-refractivity contribution in [3.05, 3.63) is 138 Å². The van der Waals surface area contributed by atoms with E-state index in [2.05, 4.69) is 5.32 Å². The second-order valence-corrected chi connectivity index (χ2v) is 7.48. The van der Waals surface area contributed by atoms with Crippen molar-refractivity contribution < 1.29 is 18.7 Å². The number of halogens is 1. The molecule has 0 saturated heterocycles. The molecular formula is C28H22FNO3. The Morgan fingerprint density at radius 2 is 1.09 bits per heavy atom. The van der Waals surface area contributed by atoms with Crippen LogP contribution in [0.4, 0.5) is 10.1 Å². The first-order valence-corrected chi connectivity index (χ1v) is 10.5. The lowest BCUT2D eigenvalue weighted by Crippen LogP contribution is -2.28. The molecule has 1 atom stereocenters. The molecule has 4 aromatic carbocycles. The molecule has 1 amide bonds. The summed E-state index contributed by atoms with van der Waals surface area (Å²) in [5.74, 6) is -2.18. The minimum absolute atomic E-state index is 0.404. The predicted octanol–water partition coefficient (Wildman–Crippen LogP) is 5.88. The summed E-state index contributed by atoms with van der Waals surface area (Å²) >= 11 is 0. The molecule has 0 saturated carbocycles. The molecule has 0 fully saturated rings. The highest BCUT2D eigenvalue weighted by Gasteiger charge is 2.31. The first-order chi connectivity index (χ1) is 16.1. The summed E-state index contributed by atoms with van der Waals surface area (Å²) in [6.07, 6.45) is -1.18. The minimum atomic E-state index is -1.18. The number of carbonyl (C=O) groups excluding carboxylic acids is 2. The van der Waals surface area contributed by atoms with Crippen molar-refractivity contribution in [2.24, 2.45) is 0 Å². The highest BCUT2D eigenvalue weighted by molar-refractivity contribution is 5.96. The second kappa shape index (κ2) is 10.4. The van der Waals surface area contributed by atoms with Crippen LogP contribution in [0.15, 0.2) is 115 Å². The Hall–Kier alpha value is -4.25. The Labute approximate surface area is 191 Å². The molecule has 33 heavy (non-hydrogen) atoms. The van der Waals surface area contributed by atoms with Gasteiger partial charge in [0.05, 0.1) is 0 Å². The Morgan fingerprint density at radius 3 is 1.58 bits per heavy atom. The zero-order valence-electron chi connectivity index (χ0n) is 17.7. The molecule has 0 aliphatic carbocycles. The average Bonchev–Trinajstić information content (AvgIpc) is 2.86. The van der Waals surface area contributed by atoms with Crippen LogP contribution in [-0.2, 0) is 14.3 Å². The minimum Gasteiger partial charge on any atom is -0.447 e. The van der Waals surface area contributed by atoms with Gasteiger partial charge in [0, 0.05) is 11.3 Å². The molecular weight excluding hydrogens is 417 g/mol. The molecule has 0 bridgehead atoms. The number of hydrogen-bond donors (Lipinski definition) is 1. The van der Waals surface area contributed by atoms with E-state index in [0.717, 1.165) is 11.1 Å². The Kier molecular flexibility index (Phi) is 6.90. The molecule has 4 aromatic rings. The summed E-state index contributed by atoms with van der Waals surface area (Å²) in [6, 6.07) is 32.8. The van der Waals surface area contributed by atoms with E-state index >= 15 is 0 Å². The van der Waals surface area contributed by atoms with Crippen molar-refractivity contribution in [3.8, 4) is 0 Å². The lowest BCUT2D eigenvalue weighted by molar-refractivity contribution is -0.155. The summed E-state index contributed by atoms with van der Waals surface area (Å²) in [4.78, 5) is 26.6. The smallest absolute Gasteiger partial charge is 0.319 e. The first kappa shape index (κ1) is 22.0. The number of benzene rings is 4. The number of rotatable bonds is 7. The van der Waals surface area contributed by atoms with Gasteiger partial charge in [-0.3, -0.25) is 9.59 Å². The molecule has 5 heteroatoms. The van der Waals surface area contributed by atoms with Crippen molar-refractivity contribution in [3.63, 3.8) is 0 Å². The van der Waals surface area contributed by atoms with Gasteiger partial charge in [0.2, 0.25) is 6.10 Å². The Balaban J connectivity index is 1.64. The van der Waals surface area contributed by atoms with Gasteiger partial charge in [-0.15, -0.1) is 0 Å². The highest BCUT2D eigenvalue weighted by atomic mass is 19.1. The van der Waals surface area contributed by atoms with Crippen molar-refractivity contribution in [2.45, 2.75) is 12.0 Å². The molecule has 164 valence electrons. The largest absolute Gasteiger partial charge is 0.447 e. The Bertz CT molecular complexity index is 1160. The van der Waals surface area contributed by atoms with Crippen molar-refractivity contribution in [2.75, 3.05) is 5.32 Å². The van der Waals surface area contributed by atoms with Crippen molar-refractivity contribution in [1.82, 2.24) is 0 Å². The van der Waals surface area contributed by atoms with Crippen LogP contribution in [0.3, 0.4) is 0 Å². The predicted molar refractivity (Wildman–Crippen MR) is 125 cm³/mol. The monoisotopic (exact) mass is 439 g/mol. The topological polar surface area (TPSA) is 55.4 Å². The van der Waals surface area contributed by atoms with Gasteiger partial charge in [0.1, 0.15) is 11.7 Å². The molecule has 0 aromatic heterocycles. The van der Waals surface area contributed by atoms with E-state index in [1.165, 1.54) is 24.3 Å². The van der Waals surface area contributed by atoms with Gasteiger partial charge in [0.25, 0.3) is 5.91 Å². The van der Waals surface area contributed by atoms with E-state index in [-0.39, 0.29) is 0 Å². The third kappa shape index (κ3) is 5.52. The van der Waals surface area contributed by atoms with E-state index in [4.69, 9.17) is 4.74 Å². The fraction of sp³-hybridized carbons (Fsp3) is 0.0714. The summed E-state index contributed by atoms with van der Waals surface area (Å²) in [5.41, 5.74) is 2.46. The first-order valence-electron chi connectivity index (χ1n) is 10.5. The highest BCUT2D eigenvalue weighted by Crippen LogP contribution is 2.29. The number of nitrogens with one attached hydrogen (secondary N) is 1. The van der Waals surface area contributed by atoms with Gasteiger partial charge in [-0.1, -0.05) is 91.0 Å². The zero-order chi connectivity index (χ0) is 23.0. The number of carbonyl (C=O) groups is 2. The maximum Gasteiger partial charge on any atom is 0.319 e. The van der Waals surface area contributed by atoms with Gasteiger partial charge >= 0.3 is 5.97 Å². The maximum atomic E-state index is 13.5. The van der Waals surface area contributed by atoms with Crippen LogP contribution in [-0.4, -0.2) is 11.9 Å². The summed E-state index contributed by atoms with van der Waals surface area (Å²) in [7, 11) is 0. The molecule has 0 unspecified atom stereocenters. The standard InChI is InChI=1S/C28H22FNO3/c29-23-16-18-24(19-17-23)30-27(31)26(22-14-8-3-9-15-22)33-28(32)25(20-10-4-1-5-11-20)21-12-6-2-7-13-21/h1-19,25-26H,(H,30,31)/t26-/m1/s1. The maximum absolute atomic E-state index is 13.5. The van der Waals surface area contributed by atoms with Gasteiger partial charge in [-0.05, 0) is 35.4 Å². The molecule has 0 heterocycles. The number of hydrogen-bond acceptors (Lipinski definition) is 3.